The Balaban J connectivity index is 3.71. The first kappa shape index (κ1) is 17.4. The predicted octanol–water partition coefficient (Wildman–Crippen LogP) is 4.16. The van der Waals surface area contributed by atoms with Crippen LogP contribution in [0.15, 0.2) is 17.0 Å². The van der Waals surface area contributed by atoms with Gasteiger partial charge in [-0.25, -0.2) is 9.18 Å². The van der Waals surface area contributed by atoms with Crippen molar-refractivity contribution in [3.63, 3.8) is 0 Å². The summed E-state index contributed by atoms with van der Waals surface area (Å²) in [4.78, 5) is 11.2. The Morgan fingerprint density at radius 1 is 1.30 bits per heavy atom. The van der Waals surface area contributed by atoms with Gasteiger partial charge in [0.1, 0.15) is 0 Å². The Kier molecular flexibility index (Phi) is 4.89. The van der Waals surface area contributed by atoms with E-state index in [4.69, 9.17) is 28.3 Å². The van der Waals surface area contributed by atoms with Gasteiger partial charge >= 0.3 is 5.97 Å². The number of carboxylic acid groups (broad SMARTS) is 1. The van der Waals surface area contributed by atoms with Crippen LogP contribution in [0.3, 0.4) is 0 Å². The quantitative estimate of drug-likeness (QED) is 0.840. The molecule has 7 heteroatoms. The van der Waals surface area contributed by atoms with Gasteiger partial charge in [0.25, 0.3) is 4.59 Å². The number of hydrogen-bond acceptors (Lipinski definition) is 2. The summed E-state index contributed by atoms with van der Waals surface area (Å²) < 4.78 is 23.0. The fourth-order valence-corrected chi connectivity index (χ4v) is 3.53. The van der Waals surface area contributed by atoms with Crippen molar-refractivity contribution in [1.82, 2.24) is 0 Å². The van der Waals surface area contributed by atoms with Gasteiger partial charge in [0.2, 0.25) is 0 Å². The lowest BCUT2D eigenvalue weighted by atomic mass is 10.1. The lowest BCUT2D eigenvalue weighted by molar-refractivity contribution is 0.0695. The second-order valence-corrected chi connectivity index (χ2v) is 8.70. The van der Waals surface area contributed by atoms with E-state index in [0.717, 1.165) is 6.07 Å². The van der Waals surface area contributed by atoms with Crippen molar-refractivity contribution >= 4 is 40.0 Å². The number of rotatable bonds is 3. The maximum atomic E-state index is 13.9. The average Bonchev–Trinajstić information content (AvgIpc) is 2.24. The molecule has 0 aliphatic heterocycles. The van der Waals surface area contributed by atoms with Gasteiger partial charge in [-0.1, -0.05) is 29.3 Å². The molecular formula is C13H15Cl2FO3S. The molecule has 1 rings (SSSR count). The van der Waals surface area contributed by atoms with Gasteiger partial charge in [0.05, 0.1) is 21.3 Å². The summed E-state index contributed by atoms with van der Waals surface area (Å²) in [5.41, 5.74) is -0.0397. The van der Waals surface area contributed by atoms with Gasteiger partial charge < -0.3 is 5.11 Å². The summed E-state index contributed by atoms with van der Waals surface area (Å²) in [6.45, 7) is 6.55. The highest BCUT2D eigenvalue weighted by molar-refractivity contribution is 7.86. The molecule has 0 aromatic heterocycles. The molecule has 112 valence electrons. The summed E-state index contributed by atoms with van der Waals surface area (Å²) in [6, 6.07) is 2.37. The molecule has 0 fully saturated rings. The van der Waals surface area contributed by atoms with Crippen molar-refractivity contribution in [2.45, 2.75) is 41.9 Å². The van der Waals surface area contributed by atoms with Crippen LogP contribution in [0.4, 0.5) is 4.39 Å². The van der Waals surface area contributed by atoms with Crippen LogP contribution in [0.1, 0.15) is 42.3 Å². The summed E-state index contributed by atoms with van der Waals surface area (Å²) >= 11 is 11.0. The normalized spacial score (nSPS) is 14.2. The number of alkyl halides is 3. The SMILES string of the molecule is Cc1c(C(=O)O)ccc(C(F)(Cl)Cl)c1[S@@](=O)C(C)(C)C. The van der Waals surface area contributed by atoms with Crippen molar-refractivity contribution in [3.05, 3.63) is 28.8 Å². The topological polar surface area (TPSA) is 54.4 Å². The van der Waals surface area contributed by atoms with Crippen LogP contribution in [0.5, 0.6) is 0 Å². The van der Waals surface area contributed by atoms with E-state index in [0.29, 0.717) is 0 Å². The largest absolute Gasteiger partial charge is 0.478 e. The predicted molar refractivity (Wildman–Crippen MR) is 78.8 cm³/mol. The lowest BCUT2D eigenvalue weighted by Gasteiger charge is -2.24. The third kappa shape index (κ3) is 3.51. The number of carbonyl (C=O) groups is 1. The number of aromatic carboxylic acids is 1. The van der Waals surface area contributed by atoms with Gasteiger partial charge in [-0.2, -0.15) is 0 Å². The molecule has 0 heterocycles. The van der Waals surface area contributed by atoms with Gasteiger partial charge in [-0.15, -0.1) is 0 Å². The zero-order valence-electron chi connectivity index (χ0n) is 11.5. The van der Waals surface area contributed by atoms with Crippen molar-refractivity contribution in [2.75, 3.05) is 0 Å². The van der Waals surface area contributed by atoms with Crippen molar-refractivity contribution in [3.8, 4) is 0 Å². The van der Waals surface area contributed by atoms with Gasteiger partial charge in [0, 0.05) is 10.3 Å². The van der Waals surface area contributed by atoms with Gasteiger partial charge in [-0.3, -0.25) is 4.21 Å². The molecule has 20 heavy (non-hydrogen) atoms. The summed E-state index contributed by atoms with van der Waals surface area (Å²) in [6.07, 6.45) is 0. The van der Waals surface area contributed by atoms with E-state index in [1.807, 2.05) is 0 Å². The van der Waals surface area contributed by atoms with Crippen LogP contribution in [-0.4, -0.2) is 20.0 Å². The smallest absolute Gasteiger partial charge is 0.335 e. The number of benzene rings is 1. The van der Waals surface area contributed by atoms with Crippen molar-refractivity contribution in [1.29, 1.82) is 0 Å². The highest BCUT2D eigenvalue weighted by Crippen LogP contribution is 2.41. The molecule has 0 aliphatic rings. The molecule has 0 bridgehead atoms. The number of hydrogen-bond donors (Lipinski definition) is 1. The van der Waals surface area contributed by atoms with E-state index < -0.39 is 26.1 Å². The zero-order chi connectivity index (χ0) is 15.9. The molecule has 0 unspecified atom stereocenters. The molecule has 0 saturated carbocycles. The van der Waals surface area contributed by atoms with Crippen LogP contribution >= 0.6 is 23.2 Å². The van der Waals surface area contributed by atoms with E-state index in [9.17, 15) is 13.4 Å². The fourth-order valence-electron chi connectivity index (χ4n) is 1.69. The molecule has 0 saturated heterocycles. The fraction of sp³-hybridized carbons (Fsp3) is 0.462. The van der Waals surface area contributed by atoms with E-state index in [2.05, 4.69) is 0 Å². The van der Waals surface area contributed by atoms with Crippen molar-refractivity contribution in [2.24, 2.45) is 0 Å². The van der Waals surface area contributed by atoms with E-state index in [1.165, 1.54) is 13.0 Å². The van der Waals surface area contributed by atoms with Crippen LogP contribution in [0, 0.1) is 6.92 Å². The molecule has 0 amide bonds. The molecule has 0 spiro atoms. The lowest BCUT2D eigenvalue weighted by Crippen LogP contribution is -2.25. The first-order valence-electron chi connectivity index (χ1n) is 5.73. The monoisotopic (exact) mass is 340 g/mol. The third-order valence-corrected chi connectivity index (χ3v) is 5.10. The molecule has 0 aliphatic carbocycles. The molecule has 3 nitrogen and oxygen atoms in total. The highest BCUT2D eigenvalue weighted by Gasteiger charge is 2.35. The average molecular weight is 341 g/mol. The molecule has 1 aromatic rings. The molecule has 1 N–H and O–H groups in total. The summed E-state index contributed by atoms with van der Waals surface area (Å²) in [7, 11) is -1.67. The Morgan fingerprint density at radius 3 is 2.15 bits per heavy atom. The van der Waals surface area contributed by atoms with Gasteiger partial charge in [0.15, 0.2) is 0 Å². The van der Waals surface area contributed by atoms with E-state index in [-0.39, 0.29) is 21.6 Å². The second kappa shape index (κ2) is 5.62. The van der Waals surface area contributed by atoms with Crippen LogP contribution in [0.25, 0.3) is 0 Å². The summed E-state index contributed by atoms with van der Waals surface area (Å²) in [5, 5.41) is 9.11. The molecule has 1 atom stereocenters. The van der Waals surface area contributed by atoms with Crippen LogP contribution in [-0.2, 0) is 15.4 Å². The minimum absolute atomic E-state index is 0.0323. The Hall–Kier alpha value is -0.650. The Morgan fingerprint density at radius 2 is 1.80 bits per heavy atom. The third-order valence-electron chi connectivity index (χ3n) is 2.68. The maximum Gasteiger partial charge on any atom is 0.335 e. The van der Waals surface area contributed by atoms with Crippen molar-refractivity contribution < 1.29 is 18.5 Å². The van der Waals surface area contributed by atoms with Crippen LogP contribution in [0.2, 0.25) is 0 Å². The Labute approximate surface area is 129 Å². The number of halogens is 3. The second-order valence-electron chi connectivity index (χ2n) is 5.30. The van der Waals surface area contributed by atoms with E-state index >= 15 is 0 Å². The Bertz CT molecular complexity index is 574. The first-order valence-corrected chi connectivity index (χ1v) is 7.64. The summed E-state index contributed by atoms with van der Waals surface area (Å²) in [5.74, 6) is -1.19. The van der Waals surface area contributed by atoms with Gasteiger partial charge in [-0.05, 0) is 39.3 Å². The minimum atomic E-state index is -2.74. The maximum absolute atomic E-state index is 13.9. The molecule has 0 radical (unpaired) electrons. The number of carboxylic acids is 1. The first-order chi connectivity index (χ1) is 8.87. The zero-order valence-corrected chi connectivity index (χ0v) is 13.8. The molecular weight excluding hydrogens is 326 g/mol. The van der Waals surface area contributed by atoms with Crippen LogP contribution < -0.4 is 0 Å². The minimum Gasteiger partial charge on any atom is -0.478 e. The standard InChI is InChI=1S/C13H15Cl2FO3S/c1-7-8(11(17)18)5-6-9(13(14,15)16)10(7)20(19)12(2,3)4/h5-6H,1-4H3,(H,17,18)/t20-/m1/s1. The van der Waals surface area contributed by atoms with E-state index in [1.54, 1.807) is 20.8 Å². The highest BCUT2D eigenvalue weighted by atomic mass is 35.5. The molecule has 1 aromatic carbocycles.